The van der Waals surface area contributed by atoms with Gasteiger partial charge in [0, 0.05) is 31.7 Å². The fourth-order valence-corrected chi connectivity index (χ4v) is 1.69. The third kappa shape index (κ3) is 5.42. The van der Waals surface area contributed by atoms with E-state index in [9.17, 15) is 0 Å². The summed E-state index contributed by atoms with van der Waals surface area (Å²) in [7, 11) is 1.70. The molecule has 1 unspecified atom stereocenters. The Bertz CT molecular complexity index is 382. The average Bonchev–Trinajstić information content (AvgIpc) is 2.36. The molecule has 0 amide bonds. The number of anilines is 2. The average molecular weight is 266 g/mol. The van der Waals surface area contributed by atoms with Crippen LogP contribution in [0.2, 0.25) is 0 Å². The summed E-state index contributed by atoms with van der Waals surface area (Å²) in [6.45, 7) is 9.97. The summed E-state index contributed by atoms with van der Waals surface area (Å²) < 4.78 is 5.13. The molecule has 0 radical (unpaired) electrons. The normalized spacial score (nSPS) is 12.5. The SMILES string of the molecule is CCCNc1cc(NC(C)COC)nc(C(C)C)n1. The quantitative estimate of drug-likeness (QED) is 0.757. The highest BCUT2D eigenvalue weighted by molar-refractivity contribution is 5.48. The summed E-state index contributed by atoms with van der Waals surface area (Å²) in [4.78, 5) is 9.08. The largest absolute Gasteiger partial charge is 0.383 e. The highest BCUT2D eigenvalue weighted by atomic mass is 16.5. The van der Waals surface area contributed by atoms with Crippen LogP contribution in [0.4, 0.5) is 11.6 Å². The minimum absolute atomic E-state index is 0.221. The maximum atomic E-state index is 5.13. The molecule has 5 heteroatoms. The lowest BCUT2D eigenvalue weighted by atomic mass is 10.2. The summed E-state index contributed by atoms with van der Waals surface area (Å²) in [5, 5.41) is 6.65. The highest BCUT2D eigenvalue weighted by Gasteiger charge is 2.09. The van der Waals surface area contributed by atoms with Gasteiger partial charge < -0.3 is 15.4 Å². The van der Waals surface area contributed by atoms with E-state index in [1.165, 1.54) is 0 Å². The fourth-order valence-electron chi connectivity index (χ4n) is 1.69. The second-order valence-electron chi connectivity index (χ2n) is 5.08. The zero-order chi connectivity index (χ0) is 14.3. The molecule has 0 spiro atoms. The van der Waals surface area contributed by atoms with Crippen LogP contribution >= 0.6 is 0 Å². The molecule has 2 N–H and O–H groups in total. The van der Waals surface area contributed by atoms with Gasteiger partial charge in [0.05, 0.1) is 6.61 Å². The molecule has 1 heterocycles. The molecule has 5 nitrogen and oxygen atoms in total. The lowest BCUT2D eigenvalue weighted by Crippen LogP contribution is -2.22. The van der Waals surface area contributed by atoms with Crippen molar-refractivity contribution in [3.63, 3.8) is 0 Å². The van der Waals surface area contributed by atoms with Gasteiger partial charge in [0.25, 0.3) is 0 Å². The lowest BCUT2D eigenvalue weighted by molar-refractivity contribution is 0.190. The van der Waals surface area contributed by atoms with Gasteiger partial charge in [-0.3, -0.25) is 0 Å². The Labute approximate surface area is 116 Å². The van der Waals surface area contributed by atoms with Crippen molar-refractivity contribution in [1.82, 2.24) is 9.97 Å². The third-order valence-corrected chi connectivity index (χ3v) is 2.63. The van der Waals surface area contributed by atoms with Crippen molar-refractivity contribution in [3.8, 4) is 0 Å². The summed E-state index contributed by atoms with van der Waals surface area (Å²) in [5.41, 5.74) is 0. The number of nitrogens with one attached hydrogen (secondary N) is 2. The van der Waals surface area contributed by atoms with Gasteiger partial charge in [0.1, 0.15) is 17.5 Å². The minimum Gasteiger partial charge on any atom is -0.383 e. The number of nitrogens with zero attached hydrogens (tertiary/aromatic N) is 2. The summed E-state index contributed by atoms with van der Waals surface area (Å²) in [6.07, 6.45) is 1.07. The third-order valence-electron chi connectivity index (χ3n) is 2.63. The molecular formula is C14H26N4O. The topological polar surface area (TPSA) is 59.1 Å². The van der Waals surface area contributed by atoms with Crippen LogP contribution in [0.3, 0.4) is 0 Å². The predicted molar refractivity (Wildman–Crippen MR) is 79.9 cm³/mol. The van der Waals surface area contributed by atoms with Crippen molar-refractivity contribution in [2.24, 2.45) is 0 Å². The monoisotopic (exact) mass is 266 g/mol. The lowest BCUT2D eigenvalue weighted by Gasteiger charge is -2.16. The summed E-state index contributed by atoms with van der Waals surface area (Å²) in [5.74, 6) is 2.89. The maximum Gasteiger partial charge on any atom is 0.135 e. The molecule has 0 saturated heterocycles. The number of aromatic nitrogens is 2. The molecule has 1 rings (SSSR count). The van der Waals surface area contributed by atoms with E-state index in [1.807, 2.05) is 6.07 Å². The van der Waals surface area contributed by atoms with Crippen LogP contribution in [0.1, 0.15) is 45.9 Å². The van der Waals surface area contributed by atoms with E-state index in [4.69, 9.17) is 4.74 Å². The molecule has 1 atom stereocenters. The second-order valence-corrected chi connectivity index (χ2v) is 5.08. The molecule has 0 saturated carbocycles. The van der Waals surface area contributed by atoms with Crippen LogP contribution in [0.25, 0.3) is 0 Å². The van der Waals surface area contributed by atoms with E-state index in [0.29, 0.717) is 12.5 Å². The van der Waals surface area contributed by atoms with Gasteiger partial charge in [0.15, 0.2) is 0 Å². The van der Waals surface area contributed by atoms with E-state index in [1.54, 1.807) is 7.11 Å². The first-order valence-electron chi connectivity index (χ1n) is 6.95. The first-order valence-corrected chi connectivity index (χ1v) is 6.95. The number of methoxy groups -OCH3 is 1. The van der Waals surface area contributed by atoms with Crippen molar-refractivity contribution in [2.45, 2.75) is 46.1 Å². The molecule has 0 fully saturated rings. The van der Waals surface area contributed by atoms with Crippen LogP contribution in [-0.4, -0.2) is 36.3 Å². The Hall–Kier alpha value is -1.36. The molecule has 1 aromatic rings. The van der Waals surface area contributed by atoms with Crippen LogP contribution < -0.4 is 10.6 Å². The van der Waals surface area contributed by atoms with E-state index in [0.717, 1.165) is 30.4 Å². The Morgan fingerprint density at radius 3 is 2.47 bits per heavy atom. The molecule has 108 valence electrons. The van der Waals surface area contributed by atoms with E-state index < -0.39 is 0 Å². The smallest absolute Gasteiger partial charge is 0.135 e. The van der Waals surface area contributed by atoms with Gasteiger partial charge in [-0.05, 0) is 13.3 Å². The van der Waals surface area contributed by atoms with Crippen molar-refractivity contribution in [3.05, 3.63) is 11.9 Å². The maximum absolute atomic E-state index is 5.13. The zero-order valence-electron chi connectivity index (χ0n) is 12.7. The van der Waals surface area contributed by atoms with E-state index >= 15 is 0 Å². The molecule has 0 aliphatic heterocycles. The first kappa shape index (κ1) is 15.7. The number of hydrogen-bond acceptors (Lipinski definition) is 5. The predicted octanol–water partition coefficient (Wildman–Crippen LogP) is 2.87. The molecule has 19 heavy (non-hydrogen) atoms. The zero-order valence-corrected chi connectivity index (χ0v) is 12.7. The number of rotatable bonds is 8. The van der Waals surface area contributed by atoms with Crippen molar-refractivity contribution < 1.29 is 4.74 Å². The highest BCUT2D eigenvalue weighted by Crippen LogP contribution is 2.17. The van der Waals surface area contributed by atoms with Gasteiger partial charge in [-0.15, -0.1) is 0 Å². The molecule has 0 aliphatic carbocycles. The summed E-state index contributed by atoms with van der Waals surface area (Å²) in [6, 6.07) is 2.17. The van der Waals surface area contributed by atoms with E-state index in [2.05, 4.69) is 48.3 Å². The van der Waals surface area contributed by atoms with Gasteiger partial charge in [-0.25, -0.2) is 9.97 Å². The van der Waals surface area contributed by atoms with Crippen molar-refractivity contribution in [2.75, 3.05) is 30.9 Å². The molecule has 0 aliphatic rings. The van der Waals surface area contributed by atoms with Crippen LogP contribution in [0.5, 0.6) is 0 Å². The number of hydrogen-bond donors (Lipinski definition) is 2. The standard InChI is InChI=1S/C14H26N4O/c1-6-7-15-12-8-13(16-11(4)9-19-5)18-14(17-12)10(2)3/h8,10-11H,6-7,9H2,1-5H3,(H2,15,16,17,18). The van der Waals surface area contributed by atoms with Gasteiger partial charge in [0.2, 0.25) is 0 Å². The van der Waals surface area contributed by atoms with Gasteiger partial charge in [-0.1, -0.05) is 20.8 Å². The van der Waals surface area contributed by atoms with Gasteiger partial charge in [-0.2, -0.15) is 0 Å². The Morgan fingerprint density at radius 1 is 1.21 bits per heavy atom. The number of ether oxygens (including phenoxy) is 1. The Kier molecular flexibility index (Phi) is 6.56. The van der Waals surface area contributed by atoms with Crippen LogP contribution in [0.15, 0.2) is 6.07 Å². The second kappa shape index (κ2) is 7.94. The van der Waals surface area contributed by atoms with E-state index in [-0.39, 0.29) is 6.04 Å². The van der Waals surface area contributed by atoms with Gasteiger partial charge >= 0.3 is 0 Å². The minimum atomic E-state index is 0.221. The first-order chi connectivity index (χ1) is 9.06. The van der Waals surface area contributed by atoms with Crippen LogP contribution in [0, 0.1) is 0 Å². The Morgan fingerprint density at radius 2 is 1.89 bits per heavy atom. The van der Waals surface area contributed by atoms with Crippen molar-refractivity contribution in [1.29, 1.82) is 0 Å². The fraction of sp³-hybridized carbons (Fsp3) is 0.714. The molecule has 1 aromatic heterocycles. The van der Waals surface area contributed by atoms with Crippen LogP contribution in [-0.2, 0) is 4.74 Å². The summed E-state index contributed by atoms with van der Waals surface area (Å²) >= 11 is 0. The van der Waals surface area contributed by atoms with Crippen molar-refractivity contribution >= 4 is 11.6 Å². The Balaban J connectivity index is 2.86. The molecule has 0 bridgehead atoms. The molecule has 0 aromatic carbocycles. The molecular weight excluding hydrogens is 240 g/mol.